The van der Waals surface area contributed by atoms with Crippen LogP contribution in [0, 0.1) is 5.92 Å². The number of nitrogens with zero attached hydrogens (tertiary/aromatic N) is 4. The molecular weight excluding hydrogens is 370 g/mol. The van der Waals surface area contributed by atoms with Crippen LogP contribution < -0.4 is 5.32 Å². The molecule has 1 amide bonds. The summed E-state index contributed by atoms with van der Waals surface area (Å²) >= 11 is 0. The summed E-state index contributed by atoms with van der Waals surface area (Å²) in [7, 11) is 0. The summed E-state index contributed by atoms with van der Waals surface area (Å²) in [5.41, 5.74) is 0.502. The fourth-order valence-electron chi connectivity index (χ4n) is 3.62. The highest BCUT2D eigenvalue weighted by atomic mass is 16.6. The van der Waals surface area contributed by atoms with Crippen molar-refractivity contribution in [2.45, 2.75) is 90.8 Å². The van der Waals surface area contributed by atoms with E-state index in [1.807, 2.05) is 27.0 Å². The third-order valence-electron chi connectivity index (χ3n) is 5.37. The summed E-state index contributed by atoms with van der Waals surface area (Å²) in [6, 6.07) is -0.353. The predicted molar refractivity (Wildman–Crippen MR) is 108 cm³/mol. The minimum absolute atomic E-state index is 0.148. The highest BCUT2D eigenvalue weighted by molar-refractivity contribution is 5.68. The molecule has 29 heavy (non-hydrogen) atoms. The summed E-state index contributed by atoms with van der Waals surface area (Å²) in [5.74, 6) is 1.84. The Balaban J connectivity index is 1.67. The van der Waals surface area contributed by atoms with Crippen molar-refractivity contribution >= 4 is 6.09 Å². The normalized spacial score (nSPS) is 17.3. The Kier molecular flexibility index (Phi) is 6.59. The Morgan fingerprint density at radius 1 is 1.38 bits per heavy atom. The minimum atomic E-state index is -0.560. The molecule has 1 fully saturated rings. The zero-order valence-corrected chi connectivity index (χ0v) is 18.1. The molecule has 3 rings (SSSR count). The SMILES string of the molecule is CC[C@H](C)[C@H](NC(=O)OC(C)(C)C)c1ncc(Cn2cc(C3CCCC3)nn2)o1. The summed E-state index contributed by atoms with van der Waals surface area (Å²) in [6.07, 6.45) is 9.01. The van der Waals surface area contributed by atoms with Crippen LogP contribution in [0.2, 0.25) is 0 Å². The molecule has 0 radical (unpaired) electrons. The van der Waals surface area contributed by atoms with Crippen LogP contribution in [-0.2, 0) is 11.3 Å². The van der Waals surface area contributed by atoms with E-state index < -0.39 is 11.7 Å². The van der Waals surface area contributed by atoms with Gasteiger partial charge in [0.1, 0.15) is 23.9 Å². The van der Waals surface area contributed by atoms with Crippen molar-refractivity contribution in [3.05, 3.63) is 29.7 Å². The Morgan fingerprint density at radius 3 is 2.76 bits per heavy atom. The number of carbonyl (C=O) groups excluding carboxylic acids is 1. The third kappa shape index (κ3) is 5.81. The first-order chi connectivity index (χ1) is 13.7. The van der Waals surface area contributed by atoms with E-state index in [0.717, 1.165) is 12.1 Å². The smallest absolute Gasteiger partial charge is 0.408 e. The molecule has 1 N–H and O–H groups in total. The summed E-state index contributed by atoms with van der Waals surface area (Å²) in [4.78, 5) is 16.7. The van der Waals surface area contributed by atoms with Crippen molar-refractivity contribution < 1.29 is 13.9 Å². The van der Waals surface area contributed by atoms with Crippen LogP contribution in [0.15, 0.2) is 16.8 Å². The number of oxazole rings is 1. The first-order valence-electron chi connectivity index (χ1n) is 10.6. The number of carbonyl (C=O) groups is 1. The topological polar surface area (TPSA) is 95.1 Å². The van der Waals surface area contributed by atoms with E-state index in [9.17, 15) is 4.79 Å². The third-order valence-corrected chi connectivity index (χ3v) is 5.37. The number of rotatable bonds is 7. The predicted octanol–water partition coefficient (Wildman–Crippen LogP) is 4.58. The van der Waals surface area contributed by atoms with Gasteiger partial charge < -0.3 is 14.5 Å². The van der Waals surface area contributed by atoms with Crippen LogP contribution in [-0.4, -0.2) is 31.7 Å². The van der Waals surface area contributed by atoms with Crippen molar-refractivity contribution in [3.8, 4) is 0 Å². The monoisotopic (exact) mass is 403 g/mol. The van der Waals surface area contributed by atoms with Gasteiger partial charge in [0.2, 0.25) is 5.89 Å². The zero-order chi connectivity index (χ0) is 21.0. The second-order valence-electron chi connectivity index (χ2n) is 9.00. The Bertz CT molecular complexity index is 801. The van der Waals surface area contributed by atoms with E-state index in [1.165, 1.54) is 25.7 Å². The number of nitrogens with one attached hydrogen (secondary N) is 1. The molecule has 0 saturated heterocycles. The molecule has 2 atom stereocenters. The maximum absolute atomic E-state index is 12.3. The molecule has 2 heterocycles. The van der Waals surface area contributed by atoms with E-state index in [2.05, 4.69) is 34.5 Å². The van der Waals surface area contributed by atoms with Gasteiger partial charge in [-0.3, -0.25) is 0 Å². The van der Waals surface area contributed by atoms with Crippen LogP contribution in [0.25, 0.3) is 0 Å². The summed E-state index contributed by atoms with van der Waals surface area (Å²) in [5, 5.41) is 11.5. The summed E-state index contributed by atoms with van der Waals surface area (Å²) in [6.45, 7) is 10.1. The maximum Gasteiger partial charge on any atom is 0.408 e. The molecule has 8 heteroatoms. The zero-order valence-electron chi connectivity index (χ0n) is 18.1. The second-order valence-corrected chi connectivity index (χ2v) is 9.00. The van der Waals surface area contributed by atoms with Crippen molar-refractivity contribution in [1.29, 1.82) is 0 Å². The van der Waals surface area contributed by atoms with Crippen molar-refractivity contribution in [2.75, 3.05) is 0 Å². The van der Waals surface area contributed by atoms with Gasteiger partial charge in [-0.2, -0.15) is 0 Å². The minimum Gasteiger partial charge on any atom is -0.444 e. The van der Waals surface area contributed by atoms with Crippen LogP contribution in [0.1, 0.15) is 96.0 Å². The fraction of sp³-hybridized carbons (Fsp3) is 0.714. The van der Waals surface area contributed by atoms with E-state index in [-0.39, 0.29) is 12.0 Å². The molecule has 0 aliphatic heterocycles. The number of ether oxygens (including phenoxy) is 1. The van der Waals surface area contributed by atoms with Gasteiger partial charge in [0, 0.05) is 12.1 Å². The molecule has 8 nitrogen and oxygen atoms in total. The molecule has 160 valence electrons. The molecule has 1 saturated carbocycles. The Morgan fingerprint density at radius 2 is 2.10 bits per heavy atom. The largest absolute Gasteiger partial charge is 0.444 e. The average molecular weight is 404 g/mol. The molecule has 0 unspecified atom stereocenters. The lowest BCUT2D eigenvalue weighted by Gasteiger charge is -2.25. The lowest BCUT2D eigenvalue weighted by molar-refractivity contribution is 0.0474. The first kappa shape index (κ1) is 21.3. The Hall–Kier alpha value is -2.38. The van der Waals surface area contributed by atoms with Crippen molar-refractivity contribution in [3.63, 3.8) is 0 Å². The van der Waals surface area contributed by atoms with Gasteiger partial charge >= 0.3 is 6.09 Å². The second kappa shape index (κ2) is 8.97. The number of hydrogen-bond acceptors (Lipinski definition) is 6. The highest BCUT2D eigenvalue weighted by Gasteiger charge is 2.28. The number of hydrogen-bond donors (Lipinski definition) is 1. The van der Waals surface area contributed by atoms with Crippen molar-refractivity contribution in [2.24, 2.45) is 5.92 Å². The van der Waals surface area contributed by atoms with E-state index in [4.69, 9.17) is 9.15 Å². The van der Waals surface area contributed by atoms with Gasteiger partial charge in [0.05, 0.1) is 11.9 Å². The number of amides is 1. The fourth-order valence-corrected chi connectivity index (χ4v) is 3.62. The van der Waals surface area contributed by atoms with Gasteiger partial charge in [-0.05, 0) is 39.5 Å². The molecule has 0 aromatic carbocycles. The van der Waals surface area contributed by atoms with Gasteiger partial charge in [-0.25, -0.2) is 14.5 Å². The standard InChI is InChI=1S/C21H33N5O3/c1-6-14(2)18(23-20(27)29-21(3,4)5)19-22-11-16(28-19)12-26-13-17(24-25-26)15-9-7-8-10-15/h11,13-15,18H,6-10,12H2,1-5H3,(H,23,27)/t14-,18-/m0/s1. The number of alkyl carbamates (subject to hydrolysis) is 1. The molecule has 1 aliphatic carbocycles. The molecule has 0 spiro atoms. The molecule has 0 bridgehead atoms. The molecule has 1 aliphatic rings. The molecule has 2 aromatic heterocycles. The maximum atomic E-state index is 12.3. The van der Waals surface area contributed by atoms with Crippen LogP contribution >= 0.6 is 0 Å². The van der Waals surface area contributed by atoms with E-state index in [0.29, 0.717) is 24.1 Å². The first-order valence-corrected chi connectivity index (χ1v) is 10.6. The van der Waals surface area contributed by atoms with Crippen LogP contribution in [0.3, 0.4) is 0 Å². The molecule has 2 aromatic rings. The van der Waals surface area contributed by atoms with Gasteiger partial charge in [-0.15, -0.1) is 5.10 Å². The average Bonchev–Trinajstić information content (AvgIpc) is 3.39. The van der Waals surface area contributed by atoms with E-state index in [1.54, 1.807) is 10.9 Å². The summed E-state index contributed by atoms with van der Waals surface area (Å²) < 4.78 is 13.2. The van der Waals surface area contributed by atoms with Gasteiger partial charge in [0.15, 0.2) is 0 Å². The number of aromatic nitrogens is 4. The lowest BCUT2D eigenvalue weighted by Crippen LogP contribution is -2.37. The molecular formula is C21H33N5O3. The highest BCUT2D eigenvalue weighted by Crippen LogP contribution is 2.32. The van der Waals surface area contributed by atoms with Crippen molar-refractivity contribution in [1.82, 2.24) is 25.3 Å². The van der Waals surface area contributed by atoms with Crippen LogP contribution in [0.4, 0.5) is 4.79 Å². The van der Waals surface area contributed by atoms with Gasteiger partial charge in [0.25, 0.3) is 0 Å². The van der Waals surface area contributed by atoms with E-state index >= 15 is 0 Å². The van der Waals surface area contributed by atoms with Crippen LogP contribution in [0.5, 0.6) is 0 Å². The van der Waals surface area contributed by atoms with Gasteiger partial charge in [-0.1, -0.05) is 38.3 Å². The quantitative estimate of drug-likeness (QED) is 0.727. The Labute approximate surface area is 172 Å². The lowest BCUT2D eigenvalue weighted by atomic mass is 9.99.